The summed E-state index contributed by atoms with van der Waals surface area (Å²) in [4.78, 5) is 38.9. The summed E-state index contributed by atoms with van der Waals surface area (Å²) in [5.41, 5.74) is 5.84. The van der Waals surface area contributed by atoms with Crippen molar-refractivity contribution in [1.29, 1.82) is 0 Å². The molecule has 0 unspecified atom stereocenters. The molecule has 0 spiro atoms. The number of carbonyl (C=O) groups is 3. The molecule has 1 aromatic rings. The van der Waals surface area contributed by atoms with E-state index in [0.717, 1.165) is 6.08 Å². The van der Waals surface area contributed by atoms with Crippen LogP contribution in [0, 0.1) is 0 Å². The van der Waals surface area contributed by atoms with Crippen molar-refractivity contribution in [3.8, 4) is 0 Å². The molecule has 0 aliphatic heterocycles. The highest BCUT2D eigenvalue weighted by molar-refractivity contribution is 5.95. The lowest BCUT2D eigenvalue weighted by atomic mass is 10.2. The van der Waals surface area contributed by atoms with Gasteiger partial charge in [0, 0.05) is 18.3 Å². The molecule has 0 atom stereocenters. The van der Waals surface area contributed by atoms with Gasteiger partial charge in [-0.05, 0) is 31.6 Å². The second-order valence-corrected chi connectivity index (χ2v) is 4.64. The molecule has 1 rings (SSSR count). The molecule has 21 heavy (non-hydrogen) atoms. The van der Waals surface area contributed by atoms with Crippen LogP contribution in [-0.2, 0) is 9.59 Å². The monoisotopic (exact) mass is 291 g/mol. The number of nitrogens with zero attached hydrogens (tertiary/aromatic N) is 2. The molecular formula is C14H17N3O4. The second kappa shape index (κ2) is 7.18. The normalized spacial score (nSPS) is 10.8. The van der Waals surface area contributed by atoms with Crippen LogP contribution in [0.25, 0.3) is 6.08 Å². The van der Waals surface area contributed by atoms with Crippen LogP contribution in [0.2, 0.25) is 0 Å². The largest absolute Gasteiger partial charge is 0.478 e. The summed E-state index contributed by atoms with van der Waals surface area (Å²) >= 11 is 0. The highest BCUT2D eigenvalue weighted by atomic mass is 16.4. The number of rotatable bonds is 6. The predicted molar refractivity (Wildman–Crippen MR) is 76.3 cm³/mol. The van der Waals surface area contributed by atoms with Crippen molar-refractivity contribution in [3.05, 3.63) is 35.7 Å². The number of hydrogen-bond acceptors (Lipinski definition) is 4. The van der Waals surface area contributed by atoms with E-state index in [4.69, 9.17) is 10.8 Å². The lowest BCUT2D eigenvalue weighted by molar-refractivity contribution is -0.131. The average molecular weight is 291 g/mol. The van der Waals surface area contributed by atoms with Gasteiger partial charge in [-0.3, -0.25) is 14.6 Å². The third-order valence-corrected chi connectivity index (χ3v) is 2.63. The zero-order valence-corrected chi connectivity index (χ0v) is 11.8. The molecule has 1 aromatic heterocycles. The third-order valence-electron chi connectivity index (χ3n) is 2.63. The Kier molecular flexibility index (Phi) is 5.59. The first kappa shape index (κ1) is 16.4. The van der Waals surface area contributed by atoms with Gasteiger partial charge < -0.3 is 15.7 Å². The number of pyridine rings is 1. The van der Waals surface area contributed by atoms with E-state index in [1.54, 1.807) is 19.9 Å². The number of carboxylic acids is 1. The number of aliphatic carboxylic acids is 1. The van der Waals surface area contributed by atoms with E-state index in [2.05, 4.69) is 4.98 Å². The van der Waals surface area contributed by atoms with Gasteiger partial charge in [-0.1, -0.05) is 6.07 Å². The zero-order valence-electron chi connectivity index (χ0n) is 11.8. The topological polar surface area (TPSA) is 114 Å². The number of hydrogen-bond donors (Lipinski definition) is 2. The van der Waals surface area contributed by atoms with Crippen LogP contribution in [0.4, 0.5) is 0 Å². The third kappa shape index (κ3) is 5.06. The molecule has 7 heteroatoms. The minimum Gasteiger partial charge on any atom is -0.478 e. The van der Waals surface area contributed by atoms with E-state index < -0.39 is 17.8 Å². The number of carboxylic acid groups (broad SMARTS) is 1. The summed E-state index contributed by atoms with van der Waals surface area (Å²) in [7, 11) is 0. The molecule has 0 radical (unpaired) electrons. The predicted octanol–water partition coefficient (Wildman–Crippen LogP) is 0.515. The molecule has 0 aromatic carbocycles. The lowest BCUT2D eigenvalue weighted by Crippen LogP contribution is -2.43. The van der Waals surface area contributed by atoms with Crippen LogP contribution in [0.3, 0.4) is 0 Å². The molecule has 0 saturated carbocycles. The Morgan fingerprint density at radius 1 is 1.38 bits per heavy atom. The lowest BCUT2D eigenvalue weighted by Gasteiger charge is -2.24. The molecule has 0 aliphatic carbocycles. The number of carbonyl (C=O) groups excluding carboxylic acids is 2. The van der Waals surface area contributed by atoms with E-state index in [0.29, 0.717) is 5.56 Å². The summed E-state index contributed by atoms with van der Waals surface area (Å²) in [5, 5.41) is 8.52. The Hall–Kier alpha value is -2.70. The van der Waals surface area contributed by atoms with Crippen molar-refractivity contribution in [2.75, 3.05) is 6.54 Å². The Labute approximate surface area is 122 Å². The highest BCUT2D eigenvalue weighted by Crippen LogP contribution is 2.08. The molecule has 112 valence electrons. The Morgan fingerprint density at radius 2 is 2.05 bits per heavy atom. The van der Waals surface area contributed by atoms with Gasteiger partial charge in [-0.15, -0.1) is 0 Å². The minimum atomic E-state index is -1.07. The van der Waals surface area contributed by atoms with E-state index in [-0.39, 0.29) is 18.3 Å². The van der Waals surface area contributed by atoms with Crippen molar-refractivity contribution in [2.45, 2.75) is 19.9 Å². The minimum absolute atomic E-state index is 0.164. The van der Waals surface area contributed by atoms with Crippen LogP contribution < -0.4 is 5.73 Å². The zero-order chi connectivity index (χ0) is 16.0. The number of primary amides is 1. The van der Waals surface area contributed by atoms with Gasteiger partial charge in [0.2, 0.25) is 5.91 Å². The molecule has 0 bridgehead atoms. The van der Waals surface area contributed by atoms with Crippen LogP contribution in [-0.4, -0.2) is 45.4 Å². The maximum Gasteiger partial charge on any atom is 0.328 e. The Morgan fingerprint density at radius 3 is 2.48 bits per heavy atom. The maximum absolute atomic E-state index is 12.2. The molecule has 2 amide bonds. The fourth-order valence-corrected chi connectivity index (χ4v) is 1.60. The van der Waals surface area contributed by atoms with Gasteiger partial charge in [-0.25, -0.2) is 4.79 Å². The maximum atomic E-state index is 12.2. The molecule has 1 heterocycles. The summed E-state index contributed by atoms with van der Waals surface area (Å²) in [6.45, 7) is 3.36. The van der Waals surface area contributed by atoms with Crippen molar-refractivity contribution in [3.63, 3.8) is 0 Å². The van der Waals surface area contributed by atoms with E-state index >= 15 is 0 Å². The quantitative estimate of drug-likeness (QED) is 0.741. The van der Waals surface area contributed by atoms with Crippen molar-refractivity contribution in [2.24, 2.45) is 5.73 Å². The standard InChI is InChI=1S/C14H17N3O4/c1-9(2)17(8-12(15)18)14(21)11-5-3-10(7-16-11)4-6-13(19)20/h3-7,9H,8H2,1-2H3,(H2,15,18)(H,19,20). The summed E-state index contributed by atoms with van der Waals surface area (Å²) in [5.74, 6) is -2.07. The van der Waals surface area contributed by atoms with Gasteiger partial charge in [0.15, 0.2) is 0 Å². The molecule has 0 fully saturated rings. The Bertz CT molecular complexity index is 564. The highest BCUT2D eigenvalue weighted by Gasteiger charge is 2.21. The van der Waals surface area contributed by atoms with E-state index in [1.807, 2.05) is 0 Å². The fourth-order valence-electron chi connectivity index (χ4n) is 1.60. The summed E-state index contributed by atoms with van der Waals surface area (Å²) < 4.78 is 0. The van der Waals surface area contributed by atoms with Gasteiger partial charge in [0.1, 0.15) is 5.69 Å². The van der Waals surface area contributed by atoms with Crippen LogP contribution in [0.5, 0.6) is 0 Å². The molecule has 0 aliphatic rings. The first-order chi connectivity index (χ1) is 9.81. The number of aromatic nitrogens is 1. The van der Waals surface area contributed by atoms with Gasteiger partial charge >= 0.3 is 5.97 Å². The average Bonchev–Trinajstić information content (AvgIpc) is 2.42. The fraction of sp³-hybridized carbons (Fsp3) is 0.286. The summed E-state index contributed by atoms with van der Waals surface area (Å²) in [6.07, 6.45) is 3.73. The first-order valence-electron chi connectivity index (χ1n) is 6.27. The van der Waals surface area contributed by atoms with Gasteiger partial charge in [-0.2, -0.15) is 0 Å². The van der Waals surface area contributed by atoms with E-state index in [1.165, 1.54) is 23.2 Å². The first-order valence-corrected chi connectivity index (χ1v) is 6.27. The summed E-state index contributed by atoms with van der Waals surface area (Å²) in [6, 6.07) is 2.85. The van der Waals surface area contributed by atoms with Crippen LogP contribution in [0.15, 0.2) is 24.4 Å². The molecule has 0 saturated heterocycles. The van der Waals surface area contributed by atoms with Crippen molar-refractivity contribution in [1.82, 2.24) is 9.88 Å². The number of amides is 2. The van der Waals surface area contributed by atoms with Crippen LogP contribution >= 0.6 is 0 Å². The second-order valence-electron chi connectivity index (χ2n) is 4.64. The number of nitrogens with two attached hydrogens (primary N) is 1. The van der Waals surface area contributed by atoms with Gasteiger partial charge in [0.25, 0.3) is 5.91 Å². The molecule has 7 nitrogen and oxygen atoms in total. The molecule has 3 N–H and O–H groups in total. The van der Waals surface area contributed by atoms with E-state index in [9.17, 15) is 14.4 Å². The molecular weight excluding hydrogens is 274 g/mol. The van der Waals surface area contributed by atoms with Crippen molar-refractivity contribution >= 4 is 23.9 Å². The smallest absolute Gasteiger partial charge is 0.328 e. The SMILES string of the molecule is CC(C)N(CC(N)=O)C(=O)c1ccc(C=CC(=O)O)cn1. The van der Waals surface area contributed by atoms with Crippen LogP contribution in [0.1, 0.15) is 29.9 Å². The Balaban J connectivity index is 2.91. The van der Waals surface area contributed by atoms with Gasteiger partial charge in [0.05, 0.1) is 6.54 Å². The van der Waals surface area contributed by atoms with Crippen molar-refractivity contribution < 1.29 is 19.5 Å².